The summed E-state index contributed by atoms with van der Waals surface area (Å²) in [5.41, 5.74) is 0.660. The fraction of sp³-hybridized carbons (Fsp3) is 0.333. The third kappa shape index (κ3) is 3.56. The van der Waals surface area contributed by atoms with Gasteiger partial charge in [0, 0.05) is 41.5 Å². The summed E-state index contributed by atoms with van der Waals surface area (Å²) < 4.78 is 5.61. The van der Waals surface area contributed by atoms with Crippen molar-refractivity contribution in [3.05, 3.63) is 66.4 Å². The van der Waals surface area contributed by atoms with Gasteiger partial charge in [0.1, 0.15) is 11.5 Å². The fourth-order valence-electron chi connectivity index (χ4n) is 2.91. The molecule has 0 radical (unpaired) electrons. The van der Waals surface area contributed by atoms with Gasteiger partial charge in [-0.15, -0.1) is 0 Å². The fourth-order valence-corrected chi connectivity index (χ4v) is 2.91. The molecule has 0 amide bonds. The zero-order valence-electron chi connectivity index (χ0n) is 14.5. The van der Waals surface area contributed by atoms with Crippen LogP contribution in [-0.4, -0.2) is 10.8 Å². The van der Waals surface area contributed by atoms with Crippen LogP contribution in [0.2, 0.25) is 0 Å². The molecule has 0 aliphatic rings. The van der Waals surface area contributed by atoms with Crippen molar-refractivity contribution in [1.29, 1.82) is 0 Å². The van der Waals surface area contributed by atoms with Crippen LogP contribution in [-0.2, 0) is 11.2 Å². The minimum Gasteiger partial charge on any atom is -0.469 e. The Morgan fingerprint density at radius 2 is 1.92 bits per heavy atom. The van der Waals surface area contributed by atoms with Crippen LogP contribution in [0.3, 0.4) is 0 Å². The largest absolute Gasteiger partial charge is 0.469 e. The van der Waals surface area contributed by atoms with E-state index in [1.54, 1.807) is 6.26 Å². The van der Waals surface area contributed by atoms with Crippen molar-refractivity contribution in [2.75, 3.05) is 0 Å². The van der Waals surface area contributed by atoms with Crippen LogP contribution >= 0.6 is 0 Å². The molecule has 0 spiro atoms. The lowest BCUT2D eigenvalue weighted by atomic mass is 9.82. The van der Waals surface area contributed by atoms with Crippen molar-refractivity contribution >= 4 is 16.6 Å². The first-order valence-electron chi connectivity index (χ1n) is 8.34. The SMILES string of the molecule is CC(C)(C)C(=O)CC(Cc1nccc2ccccc12)c1ccco1. The number of Topliss-reactive ketones (excluding diaryl/α,β-unsaturated/α-hetero) is 1. The maximum atomic E-state index is 12.6. The standard InChI is InChI=1S/C21H23NO2/c1-21(2,3)20(23)14-16(19-9-6-12-24-19)13-18-17-8-5-4-7-15(17)10-11-22-18/h4-12,16H,13-14H2,1-3H3. The van der Waals surface area contributed by atoms with E-state index in [1.807, 2.05) is 57.3 Å². The van der Waals surface area contributed by atoms with E-state index < -0.39 is 0 Å². The number of benzene rings is 1. The molecule has 0 saturated heterocycles. The van der Waals surface area contributed by atoms with Gasteiger partial charge >= 0.3 is 0 Å². The van der Waals surface area contributed by atoms with E-state index in [9.17, 15) is 4.79 Å². The number of carbonyl (C=O) groups is 1. The molecule has 124 valence electrons. The van der Waals surface area contributed by atoms with Gasteiger partial charge in [0.25, 0.3) is 0 Å². The van der Waals surface area contributed by atoms with Gasteiger partial charge < -0.3 is 4.42 Å². The normalized spacial score (nSPS) is 13.1. The summed E-state index contributed by atoms with van der Waals surface area (Å²) in [6.45, 7) is 5.89. The Balaban J connectivity index is 1.93. The second kappa shape index (κ2) is 6.60. The van der Waals surface area contributed by atoms with E-state index in [0.29, 0.717) is 12.8 Å². The average molecular weight is 321 g/mol. The topological polar surface area (TPSA) is 43.1 Å². The Labute approximate surface area is 142 Å². The first kappa shape index (κ1) is 16.4. The third-order valence-electron chi connectivity index (χ3n) is 4.41. The third-order valence-corrected chi connectivity index (χ3v) is 4.41. The highest BCUT2D eigenvalue weighted by atomic mass is 16.3. The average Bonchev–Trinajstić information content (AvgIpc) is 3.08. The number of ketones is 1. The molecule has 1 unspecified atom stereocenters. The number of furan rings is 1. The molecule has 2 aromatic heterocycles. The highest BCUT2D eigenvalue weighted by Gasteiger charge is 2.27. The van der Waals surface area contributed by atoms with Crippen molar-refractivity contribution in [3.8, 4) is 0 Å². The maximum Gasteiger partial charge on any atom is 0.138 e. The van der Waals surface area contributed by atoms with Crippen molar-refractivity contribution in [2.45, 2.75) is 39.5 Å². The smallest absolute Gasteiger partial charge is 0.138 e. The van der Waals surface area contributed by atoms with Crippen LogP contribution in [0.4, 0.5) is 0 Å². The second-order valence-corrected chi connectivity index (χ2v) is 7.27. The van der Waals surface area contributed by atoms with Gasteiger partial charge in [-0.3, -0.25) is 9.78 Å². The quantitative estimate of drug-likeness (QED) is 0.652. The molecule has 0 aliphatic carbocycles. The Kier molecular flexibility index (Phi) is 4.52. The summed E-state index contributed by atoms with van der Waals surface area (Å²) in [6.07, 6.45) is 4.65. The van der Waals surface area contributed by atoms with Crippen LogP contribution in [0.5, 0.6) is 0 Å². The van der Waals surface area contributed by atoms with Crippen LogP contribution in [0.1, 0.15) is 44.6 Å². The first-order valence-corrected chi connectivity index (χ1v) is 8.34. The van der Waals surface area contributed by atoms with E-state index >= 15 is 0 Å². The number of fused-ring (bicyclic) bond motifs is 1. The van der Waals surface area contributed by atoms with E-state index in [1.165, 1.54) is 5.39 Å². The van der Waals surface area contributed by atoms with Gasteiger partial charge in [-0.2, -0.15) is 0 Å². The molecule has 0 fully saturated rings. The lowest BCUT2D eigenvalue weighted by molar-refractivity contribution is -0.126. The summed E-state index contributed by atoms with van der Waals surface area (Å²) in [6, 6.07) is 14.1. The highest BCUT2D eigenvalue weighted by molar-refractivity contribution is 5.85. The molecular formula is C21H23NO2. The summed E-state index contributed by atoms with van der Waals surface area (Å²) in [5.74, 6) is 1.09. The number of nitrogens with zero attached hydrogens (tertiary/aromatic N) is 1. The summed E-state index contributed by atoms with van der Waals surface area (Å²) in [7, 11) is 0. The first-order chi connectivity index (χ1) is 11.4. The lowest BCUT2D eigenvalue weighted by Gasteiger charge is -2.21. The van der Waals surface area contributed by atoms with Crippen molar-refractivity contribution < 1.29 is 9.21 Å². The number of rotatable bonds is 5. The molecule has 0 bridgehead atoms. The van der Waals surface area contributed by atoms with E-state index in [2.05, 4.69) is 17.1 Å². The Hall–Kier alpha value is -2.42. The van der Waals surface area contributed by atoms with Crippen molar-refractivity contribution in [1.82, 2.24) is 4.98 Å². The van der Waals surface area contributed by atoms with Gasteiger partial charge in [0.05, 0.1) is 6.26 Å². The minimum atomic E-state index is -0.350. The lowest BCUT2D eigenvalue weighted by Crippen LogP contribution is -2.23. The monoisotopic (exact) mass is 321 g/mol. The Morgan fingerprint density at radius 1 is 1.12 bits per heavy atom. The van der Waals surface area contributed by atoms with E-state index in [4.69, 9.17) is 4.42 Å². The molecule has 24 heavy (non-hydrogen) atoms. The molecule has 3 nitrogen and oxygen atoms in total. The zero-order valence-corrected chi connectivity index (χ0v) is 14.5. The predicted octanol–water partition coefficient (Wildman–Crippen LogP) is 5.16. The van der Waals surface area contributed by atoms with E-state index in [0.717, 1.165) is 16.8 Å². The molecule has 3 aromatic rings. The molecule has 0 N–H and O–H groups in total. The molecule has 0 aliphatic heterocycles. The Morgan fingerprint density at radius 3 is 2.62 bits per heavy atom. The van der Waals surface area contributed by atoms with Crippen LogP contribution in [0, 0.1) is 5.41 Å². The molecule has 3 rings (SSSR count). The molecule has 0 saturated carbocycles. The van der Waals surface area contributed by atoms with Crippen LogP contribution in [0.15, 0.2) is 59.3 Å². The highest BCUT2D eigenvalue weighted by Crippen LogP contribution is 2.30. The number of hydrogen-bond donors (Lipinski definition) is 0. The van der Waals surface area contributed by atoms with Gasteiger partial charge in [-0.1, -0.05) is 45.0 Å². The van der Waals surface area contributed by atoms with Crippen molar-refractivity contribution in [3.63, 3.8) is 0 Å². The summed E-state index contributed by atoms with van der Waals surface area (Å²) >= 11 is 0. The van der Waals surface area contributed by atoms with Gasteiger partial charge in [0.2, 0.25) is 0 Å². The number of carbonyl (C=O) groups excluding carboxylic acids is 1. The van der Waals surface area contributed by atoms with Gasteiger partial charge in [-0.05, 0) is 23.6 Å². The van der Waals surface area contributed by atoms with Crippen LogP contribution < -0.4 is 0 Å². The Bertz CT molecular complexity index is 823. The molecular weight excluding hydrogens is 298 g/mol. The molecule has 1 aromatic carbocycles. The van der Waals surface area contributed by atoms with Gasteiger partial charge in [0.15, 0.2) is 0 Å². The molecule has 2 heterocycles. The van der Waals surface area contributed by atoms with Gasteiger partial charge in [-0.25, -0.2) is 0 Å². The predicted molar refractivity (Wildman–Crippen MR) is 96.0 cm³/mol. The minimum absolute atomic E-state index is 0.00466. The number of pyridine rings is 1. The molecule has 1 atom stereocenters. The number of aromatic nitrogens is 1. The zero-order chi connectivity index (χ0) is 17.2. The summed E-state index contributed by atoms with van der Waals surface area (Å²) in [4.78, 5) is 17.1. The van der Waals surface area contributed by atoms with E-state index in [-0.39, 0.29) is 17.1 Å². The summed E-state index contributed by atoms with van der Waals surface area (Å²) in [5, 5.41) is 2.31. The van der Waals surface area contributed by atoms with Crippen molar-refractivity contribution in [2.24, 2.45) is 5.41 Å². The maximum absolute atomic E-state index is 12.6. The number of hydrogen-bond acceptors (Lipinski definition) is 3. The second-order valence-electron chi connectivity index (χ2n) is 7.27. The molecule has 3 heteroatoms. The van der Waals surface area contributed by atoms with Crippen LogP contribution in [0.25, 0.3) is 10.8 Å².